The summed E-state index contributed by atoms with van der Waals surface area (Å²) in [6.45, 7) is 4.13. The number of amides is 3. The zero-order valence-electron chi connectivity index (χ0n) is 17.9. The molecular weight excluding hydrogens is 432 g/mol. The fraction of sp³-hybridized carbons (Fsp3) is 0.273. The molecule has 0 bridgehead atoms. The van der Waals surface area contributed by atoms with E-state index in [1.165, 1.54) is 0 Å². The van der Waals surface area contributed by atoms with Gasteiger partial charge in [0, 0.05) is 18.5 Å². The van der Waals surface area contributed by atoms with Crippen LogP contribution in [0.4, 0.5) is 5.69 Å². The van der Waals surface area contributed by atoms with Gasteiger partial charge in [-0.1, -0.05) is 12.1 Å². The maximum Gasteiger partial charge on any atom is 0.264 e. The molecular formula is C22H26N4O5S. The van der Waals surface area contributed by atoms with E-state index in [9.17, 15) is 14.4 Å². The highest BCUT2D eigenvalue weighted by molar-refractivity contribution is 7.80. The highest BCUT2D eigenvalue weighted by Gasteiger charge is 2.10. The fourth-order valence-electron chi connectivity index (χ4n) is 2.49. The van der Waals surface area contributed by atoms with Crippen LogP contribution >= 0.6 is 12.2 Å². The first-order chi connectivity index (χ1) is 15.4. The number of anilines is 1. The van der Waals surface area contributed by atoms with E-state index in [1.807, 2.05) is 26.0 Å². The first-order valence-electron chi connectivity index (χ1n) is 9.96. The summed E-state index contributed by atoms with van der Waals surface area (Å²) in [4.78, 5) is 35.7. The number of ether oxygens (including phenoxy) is 2. The predicted octanol–water partition coefficient (Wildman–Crippen LogP) is 2.21. The highest BCUT2D eigenvalue weighted by Crippen LogP contribution is 2.16. The number of carbonyl (C=O) groups excluding carboxylic acids is 3. The minimum Gasteiger partial charge on any atom is -0.494 e. The van der Waals surface area contributed by atoms with Crippen LogP contribution in [0.5, 0.6) is 11.5 Å². The third kappa shape index (κ3) is 9.43. The Bertz CT molecular complexity index is 950. The molecule has 3 amide bonds. The van der Waals surface area contributed by atoms with Gasteiger partial charge < -0.3 is 14.8 Å². The number of nitrogens with one attached hydrogen (secondary N) is 4. The van der Waals surface area contributed by atoms with Gasteiger partial charge in [0.25, 0.3) is 5.91 Å². The first-order valence-corrected chi connectivity index (χ1v) is 10.4. The van der Waals surface area contributed by atoms with Crippen LogP contribution in [-0.4, -0.2) is 36.0 Å². The average Bonchev–Trinajstić information content (AvgIpc) is 2.76. The van der Waals surface area contributed by atoms with Crippen molar-refractivity contribution < 1.29 is 23.9 Å². The second-order valence-electron chi connectivity index (χ2n) is 6.66. The molecule has 4 N–H and O–H groups in total. The van der Waals surface area contributed by atoms with Crippen molar-refractivity contribution in [1.82, 2.24) is 16.2 Å². The van der Waals surface area contributed by atoms with Crippen LogP contribution in [0.15, 0.2) is 48.5 Å². The maximum absolute atomic E-state index is 12.0. The summed E-state index contributed by atoms with van der Waals surface area (Å²) in [6, 6.07) is 14.2. The Morgan fingerprint density at radius 3 is 2.28 bits per heavy atom. The third-order valence-corrected chi connectivity index (χ3v) is 4.16. The van der Waals surface area contributed by atoms with Gasteiger partial charge in [0.1, 0.15) is 11.5 Å². The van der Waals surface area contributed by atoms with E-state index < -0.39 is 11.8 Å². The van der Waals surface area contributed by atoms with Gasteiger partial charge in [-0.3, -0.25) is 30.6 Å². The van der Waals surface area contributed by atoms with Crippen molar-refractivity contribution in [2.75, 3.05) is 18.5 Å². The molecule has 0 aromatic heterocycles. The second kappa shape index (κ2) is 12.9. The molecule has 10 heteroatoms. The summed E-state index contributed by atoms with van der Waals surface area (Å²) in [5.41, 5.74) is 6.35. The molecule has 32 heavy (non-hydrogen) atoms. The molecule has 0 aliphatic rings. The lowest BCUT2D eigenvalue weighted by atomic mass is 10.2. The van der Waals surface area contributed by atoms with Crippen molar-refractivity contribution in [3.05, 3.63) is 54.1 Å². The third-order valence-electron chi connectivity index (χ3n) is 3.96. The van der Waals surface area contributed by atoms with Crippen molar-refractivity contribution in [2.24, 2.45) is 0 Å². The molecule has 2 rings (SSSR count). The Balaban J connectivity index is 1.61. The number of rotatable bonds is 9. The van der Waals surface area contributed by atoms with Gasteiger partial charge in [-0.15, -0.1) is 0 Å². The van der Waals surface area contributed by atoms with E-state index in [2.05, 4.69) is 21.5 Å². The SMILES string of the molecule is CCOc1ccc(NC(=O)CCC(=O)NNC(=S)NC(=O)COc2cccc(C)c2)cc1. The second-order valence-corrected chi connectivity index (χ2v) is 7.07. The molecule has 0 aliphatic carbocycles. The van der Waals surface area contributed by atoms with Gasteiger partial charge >= 0.3 is 0 Å². The average molecular weight is 459 g/mol. The summed E-state index contributed by atoms with van der Waals surface area (Å²) >= 11 is 4.95. The molecule has 0 aliphatic heterocycles. The molecule has 0 radical (unpaired) electrons. The van der Waals surface area contributed by atoms with E-state index >= 15 is 0 Å². The fourth-order valence-corrected chi connectivity index (χ4v) is 2.65. The Morgan fingerprint density at radius 1 is 0.875 bits per heavy atom. The molecule has 0 fully saturated rings. The standard InChI is InChI=1S/C22H26N4O5S/c1-3-30-17-9-7-16(8-10-17)23-19(27)11-12-20(28)25-26-22(32)24-21(29)14-31-18-6-4-5-15(2)13-18/h4-10,13H,3,11-12,14H2,1-2H3,(H,23,27)(H,25,28)(H2,24,26,29,32). The molecule has 0 saturated heterocycles. The zero-order valence-corrected chi connectivity index (χ0v) is 18.7. The van der Waals surface area contributed by atoms with E-state index in [4.69, 9.17) is 21.7 Å². The van der Waals surface area contributed by atoms with Gasteiger partial charge in [0.05, 0.1) is 6.61 Å². The molecule has 0 atom stereocenters. The molecule has 2 aromatic carbocycles. The van der Waals surface area contributed by atoms with Crippen LogP contribution in [0.25, 0.3) is 0 Å². The van der Waals surface area contributed by atoms with Gasteiger partial charge in [-0.05, 0) is 68.0 Å². The Labute approximate surface area is 191 Å². The molecule has 0 heterocycles. The van der Waals surface area contributed by atoms with Crippen molar-refractivity contribution in [2.45, 2.75) is 26.7 Å². The molecule has 2 aromatic rings. The van der Waals surface area contributed by atoms with Crippen LogP contribution in [0, 0.1) is 6.92 Å². The van der Waals surface area contributed by atoms with Crippen LogP contribution in [0.3, 0.4) is 0 Å². The first kappa shape index (κ1) is 24.6. The highest BCUT2D eigenvalue weighted by atomic mass is 32.1. The quantitative estimate of drug-likeness (QED) is 0.336. The van der Waals surface area contributed by atoms with Gasteiger partial charge in [-0.25, -0.2) is 0 Å². The minimum absolute atomic E-state index is 0.0236. The normalized spacial score (nSPS) is 9.94. The van der Waals surface area contributed by atoms with Crippen molar-refractivity contribution in [3.8, 4) is 11.5 Å². The zero-order chi connectivity index (χ0) is 23.3. The molecule has 9 nitrogen and oxygen atoms in total. The van der Waals surface area contributed by atoms with E-state index in [0.29, 0.717) is 23.8 Å². The largest absolute Gasteiger partial charge is 0.494 e. The Kier molecular flexibility index (Phi) is 9.92. The Morgan fingerprint density at radius 2 is 1.59 bits per heavy atom. The summed E-state index contributed by atoms with van der Waals surface area (Å²) in [5, 5.41) is 4.99. The van der Waals surface area contributed by atoms with E-state index in [0.717, 1.165) is 5.56 Å². The number of benzene rings is 2. The monoisotopic (exact) mass is 458 g/mol. The Hall–Kier alpha value is -3.66. The molecule has 0 saturated carbocycles. The van der Waals surface area contributed by atoms with Crippen LogP contribution in [0.2, 0.25) is 0 Å². The topological polar surface area (TPSA) is 118 Å². The summed E-state index contributed by atoms with van der Waals surface area (Å²) in [6.07, 6.45) is -0.0902. The minimum atomic E-state index is -0.479. The van der Waals surface area contributed by atoms with Crippen LogP contribution in [0.1, 0.15) is 25.3 Å². The predicted molar refractivity (Wildman–Crippen MR) is 124 cm³/mol. The van der Waals surface area contributed by atoms with Crippen LogP contribution < -0.4 is 31.0 Å². The lowest BCUT2D eigenvalue weighted by Crippen LogP contribution is -2.49. The maximum atomic E-state index is 12.0. The van der Waals surface area contributed by atoms with Crippen molar-refractivity contribution in [3.63, 3.8) is 0 Å². The number of hydrogen-bond donors (Lipinski definition) is 4. The molecule has 0 unspecified atom stereocenters. The van der Waals surface area contributed by atoms with Crippen molar-refractivity contribution >= 4 is 40.7 Å². The number of aryl methyl sites for hydroxylation is 1. The van der Waals surface area contributed by atoms with Crippen LogP contribution in [-0.2, 0) is 14.4 Å². The number of carbonyl (C=O) groups is 3. The number of hydrazine groups is 1. The van der Waals surface area contributed by atoms with Crippen molar-refractivity contribution in [1.29, 1.82) is 0 Å². The smallest absolute Gasteiger partial charge is 0.264 e. The number of hydrogen-bond acceptors (Lipinski definition) is 6. The molecule has 0 spiro atoms. The summed E-state index contributed by atoms with van der Waals surface area (Å²) < 4.78 is 10.7. The lowest BCUT2D eigenvalue weighted by molar-refractivity contribution is -0.125. The number of thiocarbonyl (C=S) groups is 1. The summed E-state index contributed by atoms with van der Waals surface area (Å²) in [5.74, 6) is 0.0255. The van der Waals surface area contributed by atoms with Gasteiger partial charge in [0.15, 0.2) is 11.7 Å². The molecule has 170 valence electrons. The summed E-state index contributed by atoms with van der Waals surface area (Å²) in [7, 11) is 0. The van der Waals surface area contributed by atoms with E-state index in [1.54, 1.807) is 36.4 Å². The van der Waals surface area contributed by atoms with Gasteiger partial charge in [0.2, 0.25) is 11.8 Å². The van der Waals surface area contributed by atoms with E-state index in [-0.39, 0.29) is 30.5 Å². The van der Waals surface area contributed by atoms with Gasteiger partial charge in [-0.2, -0.15) is 0 Å². The lowest BCUT2D eigenvalue weighted by Gasteiger charge is -2.11.